The maximum atomic E-state index is 12.9. The van der Waals surface area contributed by atoms with Crippen molar-refractivity contribution in [1.29, 1.82) is 0 Å². The molecule has 0 bridgehead atoms. The van der Waals surface area contributed by atoms with Crippen molar-refractivity contribution in [2.45, 2.75) is 38.9 Å². The van der Waals surface area contributed by atoms with Gasteiger partial charge in [-0.2, -0.15) is 13.2 Å². The summed E-state index contributed by atoms with van der Waals surface area (Å²) in [5, 5.41) is 0. The van der Waals surface area contributed by atoms with E-state index in [1.165, 1.54) is 12.1 Å². The summed E-state index contributed by atoms with van der Waals surface area (Å²) in [6.07, 6.45) is -2.15. The van der Waals surface area contributed by atoms with Crippen LogP contribution in [0.3, 0.4) is 0 Å². The highest BCUT2D eigenvalue weighted by Gasteiger charge is 2.31. The second-order valence-electron chi connectivity index (χ2n) is 7.45. The average molecular weight is 404 g/mol. The molecule has 0 N–H and O–H groups in total. The van der Waals surface area contributed by atoms with E-state index in [9.17, 15) is 18.0 Å². The Labute approximate surface area is 170 Å². The summed E-state index contributed by atoms with van der Waals surface area (Å²) in [4.78, 5) is 17.4. The third-order valence-corrected chi connectivity index (χ3v) is 5.72. The zero-order chi connectivity index (χ0) is 21.0. The Kier molecular flexibility index (Phi) is 6.63. The Balaban J connectivity index is 1.67. The first-order valence-corrected chi connectivity index (χ1v) is 10.1. The highest BCUT2D eigenvalue weighted by Crippen LogP contribution is 2.30. The SMILES string of the molecule is CCC(CC)N1CCN(c2ccc(C(=O)c3cccc(C(F)(F)F)c3)cc2)CC1. The van der Waals surface area contributed by atoms with Crippen molar-refractivity contribution in [3.63, 3.8) is 0 Å². The number of piperazine rings is 1. The summed E-state index contributed by atoms with van der Waals surface area (Å²) in [5.74, 6) is -0.402. The zero-order valence-electron chi connectivity index (χ0n) is 16.9. The highest BCUT2D eigenvalue weighted by atomic mass is 19.4. The molecule has 3 rings (SSSR count). The summed E-state index contributed by atoms with van der Waals surface area (Å²) < 4.78 is 38.7. The summed E-state index contributed by atoms with van der Waals surface area (Å²) in [6.45, 7) is 8.32. The fourth-order valence-electron chi connectivity index (χ4n) is 3.98. The van der Waals surface area contributed by atoms with Gasteiger partial charge in [-0.05, 0) is 49.2 Å². The first kappa shape index (κ1) is 21.4. The summed E-state index contributed by atoms with van der Waals surface area (Å²) in [7, 11) is 0. The van der Waals surface area contributed by atoms with Crippen LogP contribution >= 0.6 is 0 Å². The number of hydrogen-bond acceptors (Lipinski definition) is 3. The Hall–Kier alpha value is -2.34. The van der Waals surface area contributed by atoms with Gasteiger partial charge in [-0.25, -0.2) is 0 Å². The predicted molar refractivity (Wildman–Crippen MR) is 109 cm³/mol. The highest BCUT2D eigenvalue weighted by molar-refractivity contribution is 6.09. The number of halogens is 3. The maximum Gasteiger partial charge on any atom is 0.416 e. The molecule has 1 fully saturated rings. The zero-order valence-corrected chi connectivity index (χ0v) is 16.9. The van der Waals surface area contributed by atoms with Crippen LogP contribution in [-0.2, 0) is 6.18 Å². The quantitative estimate of drug-likeness (QED) is 0.615. The average Bonchev–Trinajstić information content (AvgIpc) is 2.74. The van der Waals surface area contributed by atoms with Crippen molar-refractivity contribution in [1.82, 2.24) is 4.90 Å². The van der Waals surface area contributed by atoms with E-state index in [2.05, 4.69) is 23.6 Å². The molecule has 0 atom stereocenters. The number of carbonyl (C=O) groups is 1. The van der Waals surface area contributed by atoms with Crippen molar-refractivity contribution in [2.75, 3.05) is 31.1 Å². The van der Waals surface area contributed by atoms with Crippen LogP contribution in [0.25, 0.3) is 0 Å². The Bertz CT molecular complexity index is 821. The molecule has 0 unspecified atom stereocenters. The monoisotopic (exact) mass is 404 g/mol. The van der Waals surface area contributed by atoms with E-state index in [1.54, 1.807) is 12.1 Å². The van der Waals surface area contributed by atoms with Crippen LogP contribution < -0.4 is 4.90 Å². The van der Waals surface area contributed by atoms with E-state index in [1.807, 2.05) is 12.1 Å². The number of alkyl halides is 3. The third-order valence-electron chi connectivity index (χ3n) is 5.72. The molecule has 29 heavy (non-hydrogen) atoms. The Morgan fingerprint density at radius 3 is 2.10 bits per heavy atom. The molecule has 0 spiro atoms. The number of nitrogens with zero attached hydrogens (tertiary/aromatic N) is 2. The van der Waals surface area contributed by atoms with Crippen molar-refractivity contribution < 1.29 is 18.0 Å². The number of anilines is 1. The fraction of sp³-hybridized carbons (Fsp3) is 0.435. The molecule has 156 valence electrons. The lowest BCUT2D eigenvalue weighted by Gasteiger charge is -2.39. The first-order chi connectivity index (χ1) is 13.8. The second kappa shape index (κ2) is 8.99. The van der Waals surface area contributed by atoms with Gasteiger partial charge in [0.15, 0.2) is 5.78 Å². The van der Waals surface area contributed by atoms with E-state index in [-0.39, 0.29) is 5.56 Å². The molecule has 0 amide bonds. The Morgan fingerprint density at radius 1 is 0.931 bits per heavy atom. The number of benzene rings is 2. The van der Waals surface area contributed by atoms with Gasteiger partial charge in [0.25, 0.3) is 0 Å². The molecule has 1 saturated heterocycles. The topological polar surface area (TPSA) is 23.6 Å². The molecule has 0 saturated carbocycles. The van der Waals surface area contributed by atoms with Gasteiger partial charge in [0.2, 0.25) is 0 Å². The van der Waals surface area contributed by atoms with Crippen molar-refractivity contribution in [2.24, 2.45) is 0 Å². The minimum atomic E-state index is -4.46. The summed E-state index contributed by atoms with van der Waals surface area (Å²) >= 11 is 0. The number of rotatable bonds is 6. The molecule has 0 aromatic heterocycles. The van der Waals surface area contributed by atoms with Crippen LogP contribution in [0.5, 0.6) is 0 Å². The van der Waals surface area contributed by atoms with Gasteiger partial charge in [0, 0.05) is 49.0 Å². The van der Waals surface area contributed by atoms with E-state index >= 15 is 0 Å². The van der Waals surface area contributed by atoms with Crippen molar-refractivity contribution in [3.8, 4) is 0 Å². The molecule has 6 heteroatoms. The van der Waals surface area contributed by atoms with Crippen LogP contribution in [0, 0.1) is 0 Å². The molecule has 0 radical (unpaired) electrons. The van der Waals surface area contributed by atoms with Crippen LogP contribution in [-0.4, -0.2) is 42.9 Å². The molecular weight excluding hydrogens is 377 g/mol. The third kappa shape index (κ3) is 4.99. The van der Waals surface area contributed by atoms with Crippen LogP contribution in [0.1, 0.15) is 48.2 Å². The maximum absolute atomic E-state index is 12.9. The van der Waals surface area contributed by atoms with Gasteiger partial charge >= 0.3 is 6.18 Å². The van der Waals surface area contributed by atoms with Gasteiger partial charge in [-0.1, -0.05) is 26.0 Å². The minimum absolute atomic E-state index is 0.0476. The largest absolute Gasteiger partial charge is 0.416 e. The van der Waals surface area contributed by atoms with E-state index in [4.69, 9.17) is 0 Å². The second-order valence-corrected chi connectivity index (χ2v) is 7.45. The minimum Gasteiger partial charge on any atom is -0.369 e. The molecule has 2 aromatic carbocycles. The lowest BCUT2D eigenvalue weighted by atomic mass is 10.0. The van der Waals surface area contributed by atoms with E-state index in [0.29, 0.717) is 11.6 Å². The van der Waals surface area contributed by atoms with E-state index < -0.39 is 17.5 Å². The fourth-order valence-corrected chi connectivity index (χ4v) is 3.98. The molecular formula is C23H27F3N2O. The smallest absolute Gasteiger partial charge is 0.369 e. The van der Waals surface area contributed by atoms with Crippen LogP contribution in [0.15, 0.2) is 48.5 Å². The molecule has 1 aliphatic heterocycles. The van der Waals surface area contributed by atoms with Gasteiger partial charge < -0.3 is 4.90 Å². The van der Waals surface area contributed by atoms with Gasteiger partial charge in [-0.3, -0.25) is 9.69 Å². The van der Waals surface area contributed by atoms with Gasteiger partial charge in [0.05, 0.1) is 5.56 Å². The molecule has 2 aromatic rings. The number of carbonyl (C=O) groups excluding carboxylic acids is 1. The standard InChI is InChI=1S/C23H27F3N2O/c1-3-20(4-2)27-12-14-28(15-13-27)21-10-8-17(9-11-21)22(29)18-6-5-7-19(16-18)23(24,25)26/h5-11,16,20H,3-4,12-15H2,1-2H3. The van der Waals surface area contributed by atoms with Gasteiger partial charge in [-0.15, -0.1) is 0 Å². The van der Waals surface area contributed by atoms with Crippen LogP contribution in [0.2, 0.25) is 0 Å². The van der Waals surface area contributed by atoms with Gasteiger partial charge in [0.1, 0.15) is 0 Å². The molecule has 1 heterocycles. The summed E-state index contributed by atoms with van der Waals surface area (Å²) in [6, 6.07) is 12.4. The molecule has 1 aliphatic rings. The predicted octanol–water partition coefficient (Wildman–Crippen LogP) is 5.25. The molecule has 3 nitrogen and oxygen atoms in total. The molecule has 0 aliphatic carbocycles. The lowest BCUT2D eigenvalue weighted by molar-refractivity contribution is -0.137. The number of hydrogen-bond donors (Lipinski definition) is 0. The Morgan fingerprint density at radius 2 is 1.55 bits per heavy atom. The lowest BCUT2D eigenvalue weighted by Crippen LogP contribution is -2.50. The van der Waals surface area contributed by atoms with Crippen molar-refractivity contribution >= 4 is 11.5 Å². The van der Waals surface area contributed by atoms with E-state index in [0.717, 1.165) is 56.8 Å². The normalized spacial score (nSPS) is 15.7. The summed E-state index contributed by atoms with van der Waals surface area (Å²) in [5.41, 5.74) is 0.667. The first-order valence-electron chi connectivity index (χ1n) is 10.1. The number of ketones is 1. The van der Waals surface area contributed by atoms with Crippen LogP contribution in [0.4, 0.5) is 18.9 Å². The van der Waals surface area contributed by atoms with Crippen molar-refractivity contribution in [3.05, 3.63) is 65.2 Å².